The number of carbonyl (C=O) groups excluding carboxylic acids is 1. The van der Waals surface area contributed by atoms with Gasteiger partial charge >= 0.3 is 0 Å². The Kier molecular flexibility index (Phi) is 6.53. The monoisotopic (exact) mass is 265 g/mol. The summed E-state index contributed by atoms with van der Waals surface area (Å²) < 4.78 is 5.34. The van der Waals surface area contributed by atoms with Crippen LogP contribution in [0.4, 0.5) is 0 Å². The number of hydrogen-bond acceptors (Lipinski definition) is 4. The van der Waals surface area contributed by atoms with Crippen molar-refractivity contribution in [2.75, 3.05) is 13.2 Å². The second kappa shape index (κ2) is 7.92. The van der Waals surface area contributed by atoms with Crippen LogP contribution in [0.15, 0.2) is 24.3 Å². The molecular weight excluding hydrogens is 242 g/mol. The van der Waals surface area contributed by atoms with Crippen LogP contribution in [0.25, 0.3) is 0 Å². The van der Waals surface area contributed by atoms with Crippen LogP contribution in [0.1, 0.15) is 37.6 Å². The smallest absolute Gasteiger partial charge is 0.179 e. The van der Waals surface area contributed by atoms with Crippen LogP contribution in [-0.4, -0.2) is 36.2 Å². The van der Waals surface area contributed by atoms with Crippen molar-refractivity contribution in [3.05, 3.63) is 29.8 Å². The van der Waals surface area contributed by atoms with E-state index in [1.807, 2.05) is 20.8 Å². The van der Waals surface area contributed by atoms with Gasteiger partial charge < -0.3 is 15.2 Å². The van der Waals surface area contributed by atoms with E-state index in [9.17, 15) is 4.79 Å². The number of aliphatic hydroxyl groups is 1. The van der Waals surface area contributed by atoms with Gasteiger partial charge in [0.15, 0.2) is 5.78 Å². The molecule has 2 N–H and O–H groups in total. The number of rotatable bonds is 8. The molecule has 0 fully saturated rings. The Bertz CT molecular complexity index is 385. The van der Waals surface area contributed by atoms with E-state index in [-0.39, 0.29) is 24.5 Å². The van der Waals surface area contributed by atoms with Crippen molar-refractivity contribution >= 4 is 5.78 Å². The molecule has 4 heteroatoms. The summed E-state index contributed by atoms with van der Waals surface area (Å²) in [7, 11) is 0. The molecule has 106 valence electrons. The number of benzene rings is 1. The molecule has 4 nitrogen and oxygen atoms in total. The Balaban J connectivity index is 2.65. The van der Waals surface area contributed by atoms with Crippen molar-refractivity contribution in [2.24, 2.45) is 0 Å². The van der Waals surface area contributed by atoms with Gasteiger partial charge in [-0.15, -0.1) is 0 Å². The van der Waals surface area contributed by atoms with Gasteiger partial charge in [-0.2, -0.15) is 0 Å². The van der Waals surface area contributed by atoms with Gasteiger partial charge in [-0.25, -0.2) is 0 Å². The first-order valence-corrected chi connectivity index (χ1v) is 6.76. The van der Waals surface area contributed by atoms with Crippen LogP contribution < -0.4 is 10.1 Å². The minimum absolute atomic E-state index is 0.0231. The molecule has 0 aromatic heterocycles. The number of Topliss-reactive ketones (excluding diaryl/α,β-unsaturated/α-hetero) is 1. The van der Waals surface area contributed by atoms with Gasteiger partial charge in [0, 0.05) is 11.6 Å². The molecule has 2 unspecified atom stereocenters. The lowest BCUT2D eigenvalue weighted by Gasteiger charge is -2.19. The molecule has 0 heterocycles. The van der Waals surface area contributed by atoms with Crippen LogP contribution in [-0.2, 0) is 0 Å². The first-order chi connectivity index (χ1) is 9.12. The predicted octanol–water partition coefficient (Wildman–Crippen LogP) is 2.02. The van der Waals surface area contributed by atoms with Gasteiger partial charge in [0.25, 0.3) is 0 Å². The lowest BCUT2D eigenvalue weighted by Crippen LogP contribution is -2.42. The summed E-state index contributed by atoms with van der Waals surface area (Å²) >= 11 is 0. The average Bonchev–Trinajstić information content (AvgIpc) is 2.45. The summed E-state index contributed by atoms with van der Waals surface area (Å²) in [5.41, 5.74) is 0.649. The van der Waals surface area contributed by atoms with Gasteiger partial charge in [-0.3, -0.25) is 4.79 Å². The minimum atomic E-state index is -0.310. The van der Waals surface area contributed by atoms with E-state index >= 15 is 0 Å². The standard InChI is InChI=1S/C15H23NO3/c1-4-13(10-17)16-11(3)15(18)12-6-8-14(9-7-12)19-5-2/h6-9,11,13,16-17H,4-5,10H2,1-3H3. The van der Waals surface area contributed by atoms with E-state index in [2.05, 4.69) is 5.32 Å². The number of carbonyl (C=O) groups is 1. The number of nitrogens with one attached hydrogen (secondary N) is 1. The second-order valence-electron chi connectivity index (χ2n) is 4.50. The van der Waals surface area contributed by atoms with Gasteiger partial charge in [0.05, 0.1) is 19.3 Å². The Morgan fingerprint density at radius 2 is 1.95 bits per heavy atom. The summed E-state index contributed by atoms with van der Waals surface area (Å²) in [6, 6.07) is 6.79. The van der Waals surface area contributed by atoms with Crippen molar-refractivity contribution in [1.29, 1.82) is 0 Å². The highest BCUT2D eigenvalue weighted by molar-refractivity contribution is 5.99. The first-order valence-electron chi connectivity index (χ1n) is 6.76. The summed E-state index contributed by atoms with van der Waals surface area (Å²) in [6.07, 6.45) is 0.789. The number of hydrogen-bond donors (Lipinski definition) is 2. The zero-order valence-corrected chi connectivity index (χ0v) is 11.8. The molecule has 19 heavy (non-hydrogen) atoms. The zero-order valence-electron chi connectivity index (χ0n) is 11.8. The fraction of sp³-hybridized carbons (Fsp3) is 0.533. The van der Waals surface area contributed by atoms with E-state index < -0.39 is 0 Å². The van der Waals surface area contributed by atoms with Crippen LogP contribution in [0.5, 0.6) is 5.75 Å². The zero-order chi connectivity index (χ0) is 14.3. The number of ketones is 1. The summed E-state index contributed by atoms with van der Waals surface area (Å²) in [6.45, 7) is 6.36. The Labute approximate surface area is 114 Å². The van der Waals surface area contributed by atoms with Crippen LogP contribution in [0, 0.1) is 0 Å². The maximum Gasteiger partial charge on any atom is 0.179 e. The van der Waals surface area contributed by atoms with E-state index in [4.69, 9.17) is 9.84 Å². The molecular formula is C15H23NO3. The molecule has 2 atom stereocenters. The molecule has 0 bridgehead atoms. The largest absolute Gasteiger partial charge is 0.494 e. The van der Waals surface area contributed by atoms with Crippen molar-refractivity contribution in [1.82, 2.24) is 5.32 Å². The van der Waals surface area contributed by atoms with Crippen molar-refractivity contribution in [2.45, 2.75) is 39.3 Å². The summed E-state index contributed by atoms with van der Waals surface area (Å²) in [4.78, 5) is 12.2. The van der Waals surface area contributed by atoms with Gasteiger partial charge in [0.1, 0.15) is 5.75 Å². The Morgan fingerprint density at radius 3 is 2.42 bits per heavy atom. The molecule has 0 spiro atoms. The fourth-order valence-electron chi connectivity index (χ4n) is 1.86. The first kappa shape index (κ1) is 15.7. The molecule has 0 aliphatic carbocycles. The number of ether oxygens (including phenoxy) is 1. The van der Waals surface area contributed by atoms with Gasteiger partial charge in [-0.1, -0.05) is 6.92 Å². The Hall–Kier alpha value is -1.39. The lowest BCUT2D eigenvalue weighted by molar-refractivity contribution is 0.0936. The molecule has 1 rings (SSSR count). The fourth-order valence-corrected chi connectivity index (χ4v) is 1.86. The van der Waals surface area contributed by atoms with Gasteiger partial charge in [0.2, 0.25) is 0 Å². The molecule has 0 aliphatic heterocycles. The SMILES string of the molecule is CCOc1ccc(C(=O)C(C)NC(CC)CO)cc1. The molecule has 0 radical (unpaired) electrons. The third-order valence-electron chi connectivity index (χ3n) is 3.04. The van der Waals surface area contributed by atoms with Crippen LogP contribution in [0.3, 0.4) is 0 Å². The summed E-state index contributed by atoms with van der Waals surface area (Å²) in [5, 5.41) is 12.3. The topological polar surface area (TPSA) is 58.6 Å². The molecule has 1 aromatic carbocycles. The highest BCUT2D eigenvalue weighted by Crippen LogP contribution is 2.13. The third kappa shape index (κ3) is 4.65. The predicted molar refractivity (Wildman–Crippen MR) is 75.7 cm³/mol. The van der Waals surface area contributed by atoms with E-state index in [0.29, 0.717) is 12.2 Å². The van der Waals surface area contributed by atoms with Crippen molar-refractivity contribution in [3.8, 4) is 5.75 Å². The highest BCUT2D eigenvalue weighted by Gasteiger charge is 2.17. The molecule has 0 aliphatic rings. The van der Waals surface area contributed by atoms with Crippen LogP contribution in [0.2, 0.25) is 0 Å². The quantitative estimate of drug-likeness (QED) is 0.706. The van der Waals surface area contributed by atoms with E-state index in [0.717, 1.165) is 12.2 Å². The lowest BCUT2D eigenvalue weighted by atomic mass is 10.0. The number of aliphatic hydroxyl groups excluding tert-OH is 1. The molecule has 1 aromatic rings. The summed E-state index contributed by atoms with van der Waals surface area (Å²) in [5.74, 6) is 0.788. The molecule has 0 amide bonds. The third-order valence-corrected chi connectivity index (χ3v) is 3.04. The minimum Gasteiger partial charge on any atom is -0.494 e. The van der Waals surface area contributed by atoms with E-state index in [1.54, 1.807) is 24.3 Å². The van der Waals surface area contributed by atoms with Crippen molar-refractivity contribution < 1.29 is 14.6 Å². The Morgan fingerprint density at radius 1 is 1.32 bits per heavy atom. The second-order valence-corrected chi connectivity index (χ2v) is 4.50. The molecule has 0 saturated carbocycles. The van der Waals surface area contributed by atoms with E-state index in [1.165, 1.54) is 0 Å². The maximum atomic E-state index is 12.2. The highest BCUT2D eigenvalue weighted by atomic mass is 16.5. The normalized spacial score (nSPS) is 13.9. The molecule has 0 saturated heterocycles. The average molecular weight is 265 g/mol. The maximum absolute atomic E-state index is 12.2. The van der Waals surface area contributed by atoms with Crippen LogP contribution >= 0.6 is 0 Å². The van der Waals surface area contributed by atoms with Gasteiger partial charge in [-0.05, 0) is 44.5 Å². The van der Waals surface area contributed by atoms with Crippen molar-refractivity contribution in [3.63, 3.8) is 0 Å².